The summed E-state index contributed by atoms with van der Waals surface area (Å²) in [6, 6.07) is 0. The molecule has 0 aliphatic carbocycles. The average Bonchev–Trinajstić information content (AvgIpc) is 2.12. The highest BCUT2D eigenvalue weighted by Gasteiger charge is 2.16. The van der Waals surface area contributed by atoms with Gasteiger partial charge in [0.25, 0.3) is 0 Å². The first-order valence-corrected chi connectivity index (χ1v) is 4.86. The Morgan fingerprint density at radius 1 is 1.17 bits per heavy atom. The quantitative estimate of drug-likeness (QED) is 0.666. The molecular formula is C10H20O2. The second-order valence-corrected chi connectivity index (χ2v) is 3.28. The van der Waals surface area contributed by atoms with Gasteiger partial charge in [-0.1, -0.05) is 33.6 Å². The molecule has 0 aromatic heterocycles. The van der Waals surface area contributed by atoms with Crippen molar-refractivity contribution >= 4 is 5.78 Å². The van der Waals surface area contributed by atoms with Gasteiger partial charge in [0.15, 0.2) is 5.78 Å². The number of rotatable bonds is 6. The minimum atomic E-state index is -0.731. The molecule has 0 spiro atoms. The van der Waals surface area contributed by atoms with Crippen molar-refractivity contribution in [2.24, 2.45) is 5.92 Å². The minimum absolute atomic E-state index is 0.00574. The van der Waals surface area contributed by atoms with Gasteiger partial charge < -0.3 is 5.11 Å². The Kier molecular flexibility index (Phi) is 5.99. The Bertz CT molecular complexity index is 128. The summed E-state index contributed by atoms with van der Waals surface area (Å²) in [6.07, 6.45) is 2.41. The Hall–Kier alpha value is -0.370. The predicted molar refractivity (Wildman–Crippen MR) is 50.0 cm³/mol. The summed E-state index contributed by atoms with van der Waals surface area (Å²) < 4.78 is 0. The lowest BCUT2D eigenvalue weighted by Gasteiger charge is -2.13. The molecule has 0 saturated heterocycles. The first-order chi connectivity index (χ1) is 5.65. The number of hydrogen-bond acceptors (Lipinski definition) is 2. The van der Waals surface area contributed by atoms with Crippen molar-refractivity contribution in [2.75, 3.05) is 0 Å². The predicted octanol–water partition coefficient (Wildman–Crippen LogP) is 2.15. The van der Waals surface area contributed by atoms with E-state index in [9.17, 15) is 9.90 Å². The number of ketones is 1. The molecule has 0 aromatic carbocycles. The highest BCUT2D eigenvalue weighted by Crippen LogP contribution is 2.14. The van der Waals surface area contributed by atoms with Crippen LogP contribution >= 0.6 is 0 Å². The van der Waals surface area contributed by atoms with Gasteiger partial charge in [0.05, 0.1) is 0 Å². The molecule has 2 nitrogen and oxygen atoms in total. The fourth-order valence-corrected chi connectivity index (χ4v) is 1.23. The molecule has 1 unspecified atom stereocenters. The van der Waals surface area contributed by atoms with Crippen LogP contribution < -0.4 is 0 Å². The average molecular weight is 172 g/mol. The van der Waals surface area contributed by atoms with Crippen molar-refractivity contribution in [1.29, 1.82) is 0 Å². The summed E-state index contributed by atoms with van der Waals surface area (Å²) in [7, 11) is 0. The van der Waals surface area contributed by atoms with E-state index in [2.05, 4.69) is 13.8 Å². The molecule has 0 saturated carbocycles. The van der Waals surface area contributed by atoms with Gasteiger partial charge in [-0.3, -0.25) is 4.79 Å². The van der Waals surface area contributed by atoms with Gasteiger partial charge in [-0.2, -0.15) is 0 Å². The second kappa shape index (κ2) is 6.18. The summed E-state index contributed by atoms with van der Waals surface area (Å²) in [4.78, 5) is 11.3. The maximum Gasteiger partial charge on any atom is 0.161 e. The van der Waals surface area contributed by atoms with Crippen LogP contribution in [0.2, 0.25) is 0 Å². The van der Waals surface area contributed by atoms with Crippen LogP contribution in [-0.2, 0) is 4.79 Å². The van der Waals surface area contributed by atoms with Gasteiger partial charge >= 0.3 is 0 Å². The largest absolute Gasteiger partial charge is 0.385 e. The number of carbonyl (C=O) groups excluding carboxylic acids is 1. The van der Waals surface area contributed by atoms with Crippen molar-refractivity contribution in [1.82, 2.24) is 0 Å². The minimum Gasteiger partial charge on any atom is -0.385 e. The molecule has 72 valence electrons. The van der Waals surface area contributed by atoms with Crippen molar-refractivity contribution in [3.63, 3.8) is 0 Å². The third-order valence-corrected chi connectivity index (χ3v) is 2.40. The van der Waals surface area contributed by atoms with E-state index in [0.29, 0.717) is 18.8 Å². The monoisotopic (exact) mass is 172 g/mol. The van der Waals surface area contributed by atoms with Gasteiger partial charge in [-0.05, 0) is 12.3 Å². The normalized spacial score (nSPS) is 13.4. The van der Waals surface area contributed by atoms with Crippen molar-refractivity contribution < 1.29 is 9.90 Å². The SMILES string of the molecule is CCC(CC)CC(=O)C(O)CC. The van der Waals surface area contributed by atoms with E-state index in [1.807, 2.05) is 6.92 Å². The molecule has 0 heterocycles. The molecule has 2 heteroatoms. The summed E-state index contributed by atoms with van der Waals surface area (Å²) >= 11 is 0. The highest BCUT2D eigenvalue weighted by molar-refractivity contribution is 5.82. The van der Waals surface area contributed by atoms with E-state index >= 15 is 0 Å². The molecule has 0 rings (SSSR count). The molecule has 0 radical (unpaired) electrons. The molecule has 1 atom stereocenters. The van der Waals surface area contributed by atoms with Crippen LogP contribution in [0.1, 0.15) is 46.5 Å². The molecule has 0 fully saturated rings. The van der Waals surface area contributed by atoms with Crippen molar-refractivity contribution in [3.05, 3.63) is 0 Å². The van der Waals surface area contributed by atoms with Gasteiger partial charge in [0, 0.05) is 6.42 Å². The number of hydrogen-bond donors (Lipinski definition) is 1. The van der Waals surface area contributed by atoms with E-state index in [-0.39, 0.29) is 5.78 Å². The topological polar surface area (TPSA) is 37.3 Å². The van der Waals surface area contributed by atoms with Crippen LogP contribution in [0.4, 0.5) is 0 Å². The van der Waals surface area contributed by atoms with Crippen molar-refractivity contribution in [2.45, 2.75) is 52.6 Å². The van der Waals surface area contributed by atoms with E-state index in [0.717, 1.165) is 12.8 Å². The maximum absolute atomic E-state index is 11.3. The van der Waals surface area contributed by atoms with Gasteiger partial charge in [-0.15, -0.1) is 0 Å². The van der Waals surface area contributed by atoms with E-state index in [1.54, 1.807) is 0 Å². The van der Waals surface area contributed by atoms with Gasteiger partial charge in [0.1, 0.15) is 6.10 Å². The zero-order valence-electron chi connectivity index (χ0n) is 8.34. The summed E-state index contributed by atoms with van der Waals surface area (Å²) in [5.41, 5.74) is 0. The third-order valence-electron chi connectivity index (χ3n) is 2.40. The number of Topliss-reactive ketones (excluding diaryl/α,β-unsaturated/α-hetero) is 1. The third kappa shape index (κ3) is 3.86. The Balaban J connectivity index is 3.81. The zero-order valence-corrected chi connectivity index (χ0v) is 8.34. The summed E-state index contributed by atoms with van der Waals surface area (Å²) in [6.45, 7) is 6.00. The lowest BCUT2D eigenvalue weighted by atomic mass is 9.94. The van der Waals surface area contributed by atoms with E-state index < -0.39 is 6.10 Å². The van der Waals surface area contributed by atoms with Crippen LogP contribution in [0.5, 0.6) is 0 Å². The van der Waals surface area contributed by atoms with Crippen LogP contribution in [0.3, 0.4) is 0 Å². The number of aliphatic hydroxyl groups excluding tert-OH is 1. The molecular weight excluding hydrogens is 152 g/mol. The molecule has 1 N–H and O–H groups in total. The maximum atomic E-state index is 11.3. The lowest BCUT2D eigenvalue weighted by Crippen LogP contribution is -2.21. The van der Waals surface area contributed by atoms with E-state index in [4.69, 9.17) is 0 Å². The molecule has 0 aliphatic heterocycles. The molecule has 0 amide bonds. The highest BCUT2D eigenvalue weighted by atomic mass is 16.3. The first kappa shape index (κ1) is 11.6. The molecule has 12 heavy (non-hydrogen) atoms. The first-order valence-electron chi connectivity index (χ1n) is 4.86. The zero-order chi connectivity index (χ0) is 9.56. The van der Waals surface area contributed by atoms with Gasteiger partial charge in [0.2, 0.25) is 0 Å². The summed E-state index contributed by atoms with van der Waals surface area (Å²) in [5, 5.41) is 9.22. The lowest BCUT2D eigenvalue weighted by molar-refractivity contribution is -0.128. The Morgan fingerprint density at radius 3 is 2.00 bits per heavy atom. The van der Waals surface area contributed by atoms with E-state index in [1.165, 1.54) is 0 Å². The molecule has 0 aromatic rings. The summed E-state index contributed by atoms with van der Waals surface area (Å²) in [5.74, 6) is 0.463. The van der Waals surface area contributed by atoms with Crippen LogP contribution in [0.15, 0.2) is 0 Å². The molecule has 0 aliphatic rings. The fourth-order valence-electron chi connectivity index (χ4n) is 1.23. The smallest absolute Gasteiger partial charge is 0.161 e. The second-order valence-electron chi connectivity index (χ2n) is 3.28. The Morgan fingerprint density at radius 2 is 1.67 bits per heavy atom. The van der Waals surface area contributed by atoms with Gasteiger partial charge in [-0.25, -0.2) is 0 Å². The standard InChI is InChI=1S/C10H20O2/c1-4-8(5-2)7-10(12)9(11)6-3/h8-9,11H,4-7H2,1-3H3. The van der Waals surface area contributed by atoms with Crippen LogP contribution in [0.25, 0.3) is 0 Å². The Labute approximate surface area is 75.0 Å². The number of carbonyl (C=O) groups is 1. The number of aliphatic hydroxyl groups is 1. The molecule has 0 bridgehead atoms. The van der Waals surface area contributed by atoms with Crippen molar-refractivity contribution in [3.8, 4) is 0 Å². The fraction of sp³-hybridized carbons (Fsp3) is 0.900. The van der Waals surface area contributed by atoms with Crippen LogP contribution in [0, 0.1) is 5.92 Å². The van der Waals surface area contributed by atoms with Crippen LogP contribution in [-0.4, -0.2) is 17.0 Å².